The quantitative estimate of drug-likeness (QED) is 0.880. The summed E-state index contributed by atoms with van der Waals surface area (Å²) in [5.74, 6) is -0.282. The van der Waals surface area contributed by atoms with Gasteiger partial charge in [0.25, 0.3) is 5.91 Å². The first-order valence-corrected chi connectivity index (χ1v) is 6.31. The number of hydrogen-bond donors (Lipinski definition) is 1. The highest BCUT2D eigenvalue weighted by Gasteiger charge is 2.24. The Morgan fingerprint density at radius 2 is 2.15 bits per heavy atom. The van der Waals surface area contributed by atoms with Crippen LogP contribution in [0, 0.1) is 0 Å². The zero-order valence-corrected chi connectivity index (χ0v) is 10.8. The molecule has 104 valence electrons. The highest BCUT2D eigenvalue weighted by Crippen LogP contribution is 2.14. The largest absolute Gasteiger partial charge is 0.480 e. The van der Waals surface area contributed by atoms with E-state index in [0.29, 0.717) is 25.3 Å². The molecule has 3 rings (SSSR count). The lowest BCUT2D eigenvalue weighted by Crippen LogP contribution is -2.39. The summed E-state index contributed by atoms with van der Waals surface area (Å²) in [5, 5.41) is 8.85. The molecule has 1 amide bonds. The summed E-state index contributed by atoms with van der Waals surface area (Å²) in [5.41, 5.74) is 0.396. The summed E-state index contributed by atoms with van der Waals surface area (Å²) in [7, 11) is 0. The predicted octanol–water partition coefficient (Wildman–Crippen LogP) is 0.425. The molecule has 1 aliphatic rings. The van der Waals surface area contributed by atoms with Gasteiger partial charge in [-0.05, 0) is 12.1 Å². The molecule has 3 heterocycles. The minimum Gasteiger partial charge on any atom is -0.480 e. The van der Waals surface area contributed by atoms with Crippen molar-refractivity contribution < 1.29 is 14.7 Å². The molecule has 0 unspecified atom stereocenters. The van der Waals surface area contributed by atoms with Gasteiger partial charge < -0.3 is 19.1 Å². The highest BCUT2D eigenvalue weighted by atomic mass is 16.4. The molecule has 0 saturated carbocycles. The third-order valence-electron chi connectivity index (χ3n) is 3.39. The third-order valence-corrected chi connectivity index (χ3v) is 3.39. The van der Waals surface area contributed by atoms with Crippen molar-refractivity contribution in [3.05, 3.63) is 42.2 Å². The molecule has 0 aromatic carbocycles. The molecule has 7 heteroatoms. The summed E-state index contributed by atoms with van der Waals surface area (Å²) in [6, 6.07) is 3.33. The number of aromatic nitrogens is 3. The molecule has 0 spiro atoms. The number of nitrogens with zero attached hydrogens (tertiary/aromatic N) is 4. The van der Waals surface area contributed by atoms with E-state index < -0.39 is 5.97 Å². The smallest absolute Gasteiger partial charge is 0.323 e. The Morgan fingerprint density at radius 3 is 2.95 bits per heavy atom. The van der Waals surface area contributed by atoms with Gasteiger partial charge in [-0.3, -0.25) is 9.59 Å². The van der Waals surface area contributed by atoms with E-state index in [1.54, 1.807) is 29.4 Å². The SMILES string of the molecule is O=C(O)Cn1cccc1C(=O)N1CCn2ccnc2C1. The van der Waals surface area contributed by atoms with Gasteiger partial charge in [0.05, 0.1) is 6.54 Å². The van der Waals surface area contributed by atoms with Crippen LogP contribution in [-0.4, -0.2) is 42.5 Å². The third kappa shape index (κ3) is 2.18. The molecule has 7 nitrogen and oxygen atoms in total. The van der Waals surface area contributed by atoms with Crippen LogP contribution >= 0.6 is 0 Å². The van der Waals surface area contributed by atoms with Crippen molar-refractivity contribution in [2.24, 2.45) is 0 Å². The fourth-order valence-corrected chi connectivity index (χ4v) is 2.40. The second-order valence-electron chi connectivity index (χ2n) is 4.68. The Hall–Kier alpha value is -2.57. The van der Waals surface area contributed by atoms with Crippen molar-refractivity contribution in [2.45, 2.75) is 19.6 Å². The summed E-state index contributed by atoms with van der Waals surface area (Å²) >= 11 is 0. The topological polar surface area (TPSA) is 80.4 Å². The van der Waals surface area contributed by atoms with Gasteiger partial charge in [-0.2, -0.15) is 0 Å². The Balaban J connectivity index is 1.80. The molecular weight excluding hydrogens is 260 g/mol. The maximum atomic E-state index is 12.5. The lowest BCUT2D eigenvalue weighted by molar-refractivity contribution is -0.137. The van der Waals surface area contributed by atoms with Crippen LogP contribution in [0.1, 0.15) is 16.3 Å². The number of carbonyl (C=O) groups excluding carboxylic acids is 1. The van der Waals surface area contributed by atoms with Gasteiger partial charge in [-0.25, -0.2) is 4.98 Å². The minimum atomic E-state index is -0.968. The van der Waals surface area contributed by atoms with Crippen LogP contribution in [0.4, 0.5) is 0 Å². The van der Waals surface area contributed by atoms with E-state index in [2.05, 4.69) is 4.98 Å². The Kier molecular flexibility index (Phi) is 3.02. The lowest BCUT2D eigenvalue weighted by atomic mass is 10.3. The average molecular weight is 274 g/mol. The van der Waals surface area contributed by atoms with Crippen LogP contribution < -0.4 is 0 Å². The molecule has 0 fully saturated rings. The molecule has 0 atom stereocenters. The first-order chi connectivity index (χ1) is 9.65. The van der Waals surface area contributed by atoms with Crippen molar-refractivity contribution >= 4 is 11.9 Å². The molecule has 0 aliphatic carbocycles. The van der Waals surface area contributed by atoms with Gasteiger partial charge in [0.15, 0.2) is 0 Å². The fraction of sp³-hybridized carbons (Fsp3) is 0.308. The Morgan fingerprint density at radius 1 is 1.30 bits per heavy atom. The zero-order chi connectivity index (χ0) is 14.1. The number of carboxylic acid groups (broad SMARTS) is 1. The molecule has 0 radical (unpaired) electrons. The number of carboxylic acids is 1. The van der Waals surface area contributed by atoms with E-state index in [-0.39, 0.29) is 12.5 Å². The number of aliphatic carboxylic acids is 1. The summed E-state index contributed by atoms with van der Waals surface area (Å²) in [4.78, 5) is 29.2. The van der Waals surface area contributed by atoms with Crippen molar-refractivity contribution in [1.29, 1.82) is 0 Å². The number of carbonyl (C=O) groups is 2. The van der Waals surface area contributed by atoms with Crippen LogP contribution in [0.5, 0.6) is 0 Å². The van der Waals surface area contributed by atoms with E-state index >= 15 is 0 Å². The number of imidazole rings is 1. The standard InChI is InChI=1S/C13H14N4O3/c18-12(19)9-16-4-1-2-10(16)13(20)17-7-6-15-5-3-14-11(15)8-17/h1-5H,6-9H2,(H,18,19). The molecule has 0 bridgehead atoms. The monoisotopic (exact) mass is 274 g/mol. The van der Waals surface area contributed by atoms with Crippen LogP contribution in [0.3, 0.4) is 0 Å². The van der Waals surface area contributed by atoms with E-state index in [0.717, 1.165) is 5.82 Å². The van der Waals surface area contributed by atoms with Gasteiger partial charge in [0.2, 0.25) is 0 Å². The molecule has 0 saturated heterocycles. The average Bonchev–Trinajstić information content (AvgIpc) is 3.04. The number of hydrogen-bond acceptors (Lipinski definition) is 3. The number of amides is 1. The van der Waals surface area contributed by atoms with Crippen LogP contribution in [-0.2, 0) is 24.4 Å². The molecule has 1 aliphatic heterocycles. The first-order valence-electron chi connectivity index (χ1n) is 6.31. The van der Waals surface area contributed by atoms with Crippen molar-refractivity contribution in [3.8, 4) is 0 Å². The Bertz CT molecular complexity index is 658. The molecule has 2 aromatic rings. The van der Waals surface area contributed by atoms with Crippen molar-refractivity contribution in [1.82, 2.24) is 19.0 Å². The van der Waals surface area contributed by atoms with Crippen LogP contribution in [0.15, 0.2) is 30.7 Å². The van der Waals surface area contributed by atoms with Gasteiger partial charge >= 0.3 is 5.97 Å². The summed E-state index contributed by atoms with van der Waals surface area (Å²) < 4.78 is 3.46. The van der Waals surface area contributed by atoms with E-state index in [1.165, 1.54) is 4.57 Å². The molecule has 20 heavy (non-hydrogen) atoms. The van der Waals surface area contributed by atoms with E-state index in [1.807, 2.05) is 10.8 Å². The second-order valence-corrected chi connectivity index (χ2v) is 4.68. The molecule has 1 N–H and O–H groups in total. The zero-order valence-electron chi connectivity index (χ0n) is 10.8. The number of fused-ring (bicyclic) bond motifs is 1. The maximum absolute atomic E-state index is 12.5. The van der Waals surface area contributed by atoms with Gasteiger partial charge in [-0.15, -0.1) is 0 Å². The molecule has 2 aromatic heterocycles. The Labute approximate surface area is 115 Å². The van der Waals surface area contributed by atoms with Gasteiger partial charge in [0.1, 0.15) is 18.1 Å². The van der Waals surface area contributed by atoms with Gasteiger partial charge in [0, 0.05) is 31.7 Å². The summed E-state index contributed by atoms with van der Waals surface area (Å²) in [6.07, 6.45) is 5.22. The first kappa shape index (κ1) is 12.5. The highest BCUT2D eigenvalue weighted by molar-refractivity contribution is 5.93. The number of rotatable bonds is 3. The van der Waals surface area contributed by atoms with Crippen molar-refractivity contribution in [3.63, 3.8) is 0 Å². The van der Waals surface area contributed by atoms with Crippen LogP contribution in [0.2, 0.25) is 0 Å². The van der Waals surface area contributed by atoms with Crippen molar-refractivity contribution in [2.75, 3.05) is 6.54 Å². The molecular formula is C13H14N4O3. The van der Waals surface area contributed by atoms with Gasteiger partial charge in [-0.1, -0.05) is 0 Å². The lowest BCUT2D eigenvalue weighted by Gasteiger charge is -2.27. The maximum Gasteiger partial charge on any atom is 0.323 e. The minimum absolute atomic E-state index is 0.162. The van der Waals surface area contributed by atoms with Crippen LogP contribution in [0.25, 0.3) is 0 Å². The fourth-order valence-electron chi connectivity index (χ4n) is 2.40. The van der Waals surface area contributed by atoms with E-state index in [4.69, 9.17) is 5.11 Å². The normalized spacial score (nSPS) is 14.1. The predicted molar refractivity (Wildman–Crippen MR) is 69.0 cm³/mol. The summed E-state index contributed by atoms with van der Waals surface area (Å²) in [6.45, 7) is 1.54. The van der Waals surface area contributed by atoms with E-state index in [9.17, 15) is 9.59 Å². The second kappa shape index (κ2) is 4.84.